The zero-order chi connectivity index (χ0) is 11.5. The predicted molar refractivity (Wildman–Crippen MR) is 62.3 cm³/mol. The minimum Gasteiger partial charge on any atom is -0.397 e. The van der Waals surface area contributed by atoms with E-state index in [4.69, 9.17) is 15.6 Å². The molecule has 5 heteroatoms. The van der Waals surface area contributed by atoms with Gasteiger partial charge in [0.05, 0.1) is 37.2 Å². The fourth-order valence-electron chi connectivity index (χ4n) is 1.81. The van der Waals surface area contributed by atoms with Crippen molar-refractivity contribution in [2.45, 2.75) is 19.1 Å². The minimum atomic E-state index is -0.129. The number of ether oxygens (including phenoxy) is 1. The number of hydrogen-bond acceptors (Lipinski definition) is 5. The third kappa shape index (κ3) is 2.25. The zero-order valence-electron chi connectivity index (χ0n) is 9.34. The Bertz CT molecular complexity index is 342. The van der Waals surface area contributed by atoms with Gasteiger partial charge in [0.1, 0.15) is 5.82 Å². The molecule has 1 saturated heterocycles. The van der Waals surface area contributed by atoms with Crippen LogP contribution in [0.2, 0.25) is 0 Å². The normalized spacial score (nSPS) is 25.8. The molecule has 0 saturated carbocycles. The lowest BCUT2D eigenvalue weighted by Gasteiger charge is -2.38. The molecule has 16 heavy (non-hydrogen) atoms. The van der Waals surface area contributed by atoms with Gasteiger partial charge in [0.2, 0.25) is 0 Å². The summed E-state index contributed by atoms with van der Waals surface area (Å²) in [4.78, 5) is 6.41. The lowest BCUT2D eigenvalue weighted by atomic mass is 10.2. The molecule has 3 N–H and O–H groups in total. The summed E-state index contributed by atoms with van der Waals surface area (Å²) in [7, 11) is 0. The molecule has 0 aliphatic carbocycles. The summed E-state index contributed by atoms with van der Waals surface area (Å²) in [5.41, 5.74) is 6.25. The van der Waals surface area contributed by atoms with Crippen LogP contribution in [0, 0.1) is 0 Å². The average molecular weight is 223 g/mol. The van der Waals surface area contributed by atoms with Gasteiger partial charge in [0.15, 0.2) is 0 Å². The number of nitrogens with zero attached hydrogens (tertiary/aromatic N) is 2. The molecule has 2 rings (SSSR count). The van der Waals surface area contributed by atoms with Crippen molar-refractivity contribution in [3.05, 3.63) is 18.3 Å². The Kier molecular flexibility index (Phi) is 3.26. The molecule has 0 aromatic carbocycles. The largest absolute Gasteiger partial charge is 0.397 e. The molecule has 5 nitrogen and oxygen atoms in total. The fourth-order valence-corrected chi connectivity index (χ4v) is 1.81. The van der Waals surface area contributed by atoms with Gasteiger partial charge in [-0.25, -0.2) is 4.98 Å². The van der Waals surface area contributed by atoms with E-state index in [1.165, 1.54) is 0 Å². The Balaban J connectivity index is 2.14. The van der Waals surface area contributed by atoms with Crippen LogP contribution in [0.1, 0.15) is 6.92 Å². The van der Waals surface area contributed by atoms with E-state index >= 15 is 0 Å². The summed E-state index contributed by atoms with van der Waals surface area (Å²) >= 11 is 0. The van der Waals surface area contributed by atoms with E-state index in [0.29, 0.717) is 18.8 Å². The summed E-state index contributed by atoms with van der Waals surface area (Å²) in [6, 6.07) is 3.99. The van der Waals surface area contributed by atoms with Crippen molar-refractivity contribution >= 4 is 11.5 Å². The predicted octanol–water partition coefficient (Wildman–Crippen LogP) is 0.250. The molecule has 1 fully saturated rings. The number of aliphatic hydroxyl groups is 1. The van der Waals surface area contributed by atoms with Crippen LogP contribution in [0.15, 0.2) is 18.3 Å². The van der Waals surface area contributed by atoms with Gasteiger partial charge in [-0.1, -0.05) is 0 Å². The Hall–Kier alpha value is -1.33. The highest BCUT2D eigenvalue weighted by molar-refractivity contribution is 5.46. The monoisotopic (exact) mass is 223 g/mol. The second-order valence-corrected chi connectivity index (χ2v) is 4.09. The van der Waals surface area contributed by atoms with Crippen LogP contribution in [-0.2, 0) is 4.74 Å². The topological polar surface area (TPSA) is 71.6 Å². The second kappa shape index (κ2) is 4.67. The van der Waals surface area contributed by atoms with Crippen LogP contribution < -0.4 is 10.6 Å². The van der Waals surface area contributed by atoms with E-state index in [-0.39, 0.29) is 18.8 Å². The third-order valence-corrected chi connectivity index (χ3v) is 2.77. The molecule has 2 heterocycles. The van der Waals surface area contributed by atoms with Crippen LogP contribution in [-0.4, -0.2) is 42.0 Å². The Labute approximate surface area is 94.8 Å². The van der Waals surface area contributed by atoms with E-state index in [1.807, 2.05) is 12.1 Å². The Morgan fingerprint density at radius 2 is 2.44 bits per heavy atom. The lowest BCUT2D eigenvalue weighted by Crippen LogP contribution is -2.49. The average Bonchev–Trinajstić information content (AvgIpc) is 2.31. The van der Waals surface area contributed by atoms with Crippen molar-refractivity contribution < 1.29 is 9.84 Å². The van der Waals surface area contributed by atoms with Gasteiger partial charge in [-0.15, -0.1) is 0 Å². The van der Waals surface area contributed by atoms with E-state index in [1.54, 1.807) is 6.20 Å². The van der Waals surface area contributed by atoms with Gasteiger partial charge in [-0.05, 0) is 19.1 Å². The summed E-state index contributed by atoms with van der Waals surface area (Å²) in [5, 5.41) is 9.09. The van der Waals surface area contributed by atoms with Crippen LogP contribution >= 0.6 is 0 Å². The molecular formula is C11H17N3O2. The van der Waals surface area contributed by atoms with Gasteiger partial charge in [0.25, 0.3) is 0 Å². The van der Waals surface area contributed by atoms with Crippen molar-refractivity contribution in [1.82, 2.24) is 4.98 Å². The molecule has 88 valence electrons. The smallest absolute Gasteiger partial charge is 0.129 e. The standard InChI is InChI=1S/C11H17N3O2/c1-8-7-16-10(6-15)5-14(8)11-3-2-9(12)4-13-11/h2-4,8,10,15H,5-7,12H2,1H3. The van der Waals surface area contributed by atoms with Crippen molar-refractivity contribution in [3.63, 3.8) is 0 Å². The van der Waals surface area contributed by atoms with Gasteiger partial charge < -0.3 is 20.5 Å². The van der Waals surface area contributed by atoms with Crippen molar-refractivity contribution in [2.24, 2.45) is 0 Å². The number of nitrogens with two attached hydrogens (primary N) is 1. The van der Waals surface area contributed by atoms with E-state index in [9.17, 15) is 0 Å². The van der Waals surface area contributed by atoms with Crippen molar-refractivity contribution in [3.8, 4) is 0 Å². The number of hydrogen-bond donors (Lipinski definition) is 2. The van der Waals surface area contributed by atoms with Crippen LogP contribution in [0.4, 0.5) is 11.5 Å². The molecule has 1 aromatic heterocycles. The first-order valence-electron chi connectivity index (χ1n) is 5.41. The maximum atomic E-state index is 9.09. The van der Waals surface area contributed by atoms with E-state index in [2.05, 4.69) is 16.8 Å². The molecule has 1 aliphatic rings. The first kappa shape index (κ1) is 11.2. The molecule has 0 amide bonds. The maximum Gasteiger partial charge on any atom is 0.129 e. The molecule has 0 radical (unpaired) electrons. The number of rotatable bonds is 2. The third-order valence-electron chi connectivity index (χ3n) is 2.77. The zero-order valence-corrected chi connectivity index (χ0v) is 9.34. The number of pyridine rings is 1. The quantitative estimate of drug-likeness (QED) is 0.752. The molecular weight excluding hydrogens is 206 g/mol. The molecule has 0 spiro atoms. The highest BCUT2D eigenvalue weighted by Gasteiger charge is 2.26. The number of anilines is 2. The van der Waals surface area contributed by atoms with Crippen LogP contribution in [0.25, 0.3) is 0 Å². The molecule has 1 aliphatic heterocycles. The number of nitrogen functional groups attached to an aromatic ring is 1. The van der Waals surface area contributed by atoms with Gasteiger partial charge in [-0.3, -0.25) is 0 Å². The number of morpholine rings is 1. The second-order valence-electron chi connectivity index (χ2n) is 4.09. The van der Waals surface area contributed by atoms with E-state index < -0.39 is 0 Å². The summed E-state index contributed by atoms with van der Waals surface area (Å²) in [6.07, 6.45) is 1.52. The minimum absolute atomic E-state index is 0.0399. The fraction of sp³-hybridized carbons (Fsp3) is 0.545. The molecule has 0 bridgehead atoms. The number of aliphatic hydroxyl groups excluding tert-OH is 1. The Morgan fingerprint density at radius 1 is 1.62 bits per heavy atom. The molecule has 1 aromatic rings. The highest BCUT2D eigenvalue weighted by Crippen LogP contribution is 2.20. The van der Waals surface area contributed by atoms with Gasteiger partial charge >= 0.3 is 0 Å². The summed E-state index contributed by atoms with van der Waals surface area (Å²) in [5.74, 6) is 0.878. The van der Waals surface area contributed by atoms with Crippen LogP contribution in [0.5, 0.6) is 0 Å². The van der Waals surface area contributed by atoms with Crippen LogP contribution in [0.3, 0.4) is 0 Å². The van der Waals surface area contributed by atoms with E-state index in [0.717, 1.165) is 5.82 Å². The highest BCUT2D eigenvalue weighted by atomic mass is 16.5. The van der Waals surface area contributed by atoms with Gasteiger partial charge in [-0.2, -0.15) is 0 Å². The SMILES string of the molecule is CC1COC(CO)CN1c1ccc(N)cn1. The lowest BCUT2D eigenvalue weighted by molar-refractivity contribution is -0.0105. The maximum absolute atomic E-state index is 9.09. The molecule has 2 atom stereocenters. The number of aromatic nitrogens is 1. The first-order chi connectivity index (χ1) is 7.70. The van der Waals surface area contributed by atoms with Crippen molar-refractivity contribution in [2.75, 3.05) is 30.4 Å². The summed E-state index contributed by atoms with van der Waals surface area (Å²) in [6.45, 7) is 3.38. The van der Waals surface area contributed by atoms with Gasteiger partial charge in [0, 0.05) is 6.54 Å². The Morgan fingerprint density at radius 3 is 3.06 bits per heavy atom. The molecule has 2 unspecified atom stereocenters. The first-order valence-corrected chi connectivity index (χ1v) is 5.41. The summed E-state index contributed by atoms with van der Waals surface area (Å²) < 4.78 is 5.47. The van der Waals surface area contributed by atoms with Crippen molar-refractivity contribution in [1.29, 1.82) is 0 Å².